The molecule has 12 heteroatoms. The lowest BCUT2D eigenvalue weighted by Crippen LogP contribution is -2.39. The van der Waals surface area contributed by atoms with Gasteiger partial charge in [0.05, 0.1) is 24.7 Å². The first-order valence-electron chi connectivity index (χ1n) is 20.3. The van der Waals surface area contributed by atoms with Gasteiger partial charge in [0.2, 0.25) is 15.3 Å². The molecule has 0 bridgehead atoms. The molecule has 0 heterocycles. The normalized spacial score (nSPS) is 12.1. The number of hydrogen-bond acceptors (Lipinski definition) is 12. The molecule has 326 valence electrons. The van der Waals surface area contributed by atoms with E-state index in [4.69, 9.17) is 14.2 Å². The summed E-state index contributed by atoms with van der Waals surface area (Å²) in [4.78, 5) is 77.1. The van der Waals surface area contributed by atoms with Crippen LogP contribution in [0.1, 0.15) is 143 Å². The zero-order valence-corrected chi connectivity index (χ0v) is 39.3. The number of hydrogen-bond donors (Lipinski definition) is 0. The minimum Gasteiger partial charge on any atom is -0.465 e. The van der Waals surface area contributed by atoms with Crippen molar-refractivity contribution in [3.8, 4) is 0 Å². The van der Waals surface area contributed by atoms with Crippen LogP contribution >= 0.6 is 35.3 Å². The largest absolute Gasteiger partial charge is 0.465 e. The Morgan fingerprint density at radius 2 is 0.650 bits per heavy atom. The van der Waals surface area contributed by atoms with E-state index in [9.17, 15) is 28.8 Å². The van der Waals surface area contributed by atoms with Crippen molar-refractivity contribution >= 4 is 68.5 Å². The van der Waals surface area contributed by atoms with Gasteiger partial charge in [0, 0.05) is 33.9 Å². The van der Waals surface area contributed by atoms with Gasteiger partial charge in [0.15, 0.2) is 0 Å². The number of thioether (sulfide) groups is 3. The summed E-state index contributed by atoms with van der Waals surface area (Å²) >= 11 is 3.08. The summed E-state index contributed by atoms with van der Waals surface area (Å²) in [5.74, 6) is -1.04. The highest BCUT2D eigenvalue weighted by molar-refractivity contribution is 8.14. The fraction of sp³-hybridized carbons (Fsp3) is 0.500. The van der Waals surface area contributed by atoms with Crippen LogP contribution in [-0.2, 0) is 44.8 Å². The molecule has 3 rings (SSSR count). The summed E-state index contributed by atoms with van der Waals surface area (Å²) in [6.07, 6.45) is 0.215. The average molecular weight is 879 g/mol. The Balaban J connectivity index is 1.56. The Bertz CT molecular complexity index is 1700. The van der Waals surface area contributed by atoms with E-state index < -0.39 is 23.3 Å². The molecule has 9 nitrogen and oxygen atoms in total. The molecule has 0 aliphatic heterocycles. The minimum absolute atomic E-state index is 0.0375. The van der Waals surface area contributed by atoms with E-state index >= 15 is 0 Å². The molecule has 0 radical (unpaired) electrons. The Labute approximate surface area is 369 Å². The van der Waals surface area contributed by atoms with Gasteiger partial charge in [-0.15, -0.1) is 0 Å². The van der Waals surface area contributed by atoms with Gasteiger partial charge in [-0.25, -0.2) is 0 Å². The third kappa shape index (κ3) is 16.9. The molecule has 60 heavy (non-hydrogen) atoms. The second-order valence-corrected chi connectivity index (χ2v) is 21.2. The van der Waals surface area contributed by atoms with Crippen LogP contribution in [0.3, 0.4) is 0 Å². The SMILES string of the molecule is CCC(COC(=O)CCSC(=O)c1ccc(C(C)(C)C)cc1)(COC(=O)CCSC(=O)c1ccc(C(C)(C)C)cc1)COC(=O)CCSC(=O)c1ccc(C(C)(C)C)cc1. The maximum absolute atomic E-state index is 12.9. The van der Waals surface area contributed by atoms with E-state index in [1.807, 2.05) is 43.3 Å². The molecule has 0 spiro atoms. The van der Waals surface area contributed by atoms with Crippen molar-refractivity contribution in [3.05, 3.63) is 106 Å². The van der Waals surface area contributed by atoms with E-state index in [-0.39, 0.29) is 87.9 Å². The third-order valence-corrected chi connectivity index (χ3v) is 12.7. The summed E-state index contributed by atoms with van der Waals surface area (Å²) in [5, 5.41) is -0.454. The van der Waals surface area contributed by atoms with Gasteiger partial charge in [-0.1, -0.05) is 177 Å². The Morgan fingerprint density at radius 1 is 0.417 bits per heavy atom. The fourth-order valence-electron chi connectivity index (χ4n) is 5.60. The van der Waals surface area contributed by atoms with Gasteiger partial charge in [0.1, 0.15) is 19.8 Å². The van der Waals surface area contributed by atoms with Crippen molar-refractivity contribution in [2.75, 3.05) is 37.1 Å². The molecule has 0 amide bonds. The molecule has 0 saturated heterocycles. The number of carbonyl (C=O) groups excluding carboxylic acids is 6. The number of rotatable bonds is 19. The number of esters is 3. The van der Waals surface area contributed by atoms with Crippen molar-refractivity contribution < 1.29 is 43.0 Å². The van der Waals surface area contributed by atoms with E-state index in [0.717, 1.165) is 52.0 Å². The summed E-state index contributed by atoms with van der Waals surface area (Å²) in [6, 6.07) is 22.3. The van der Waals surface area contributed by atoms with Crippen LogP contribution in [-0.4, -0.2) is 70.3 Å². The second-order valence-electron chi connectivity index (χ2n) is 18.0. The smallest absolute Gasteiger partial charge is 0.306 e. The number of carbonyl (C=O) groups is 6. The van der Waals surface area contributed by atoms with Gasteiger partial charge in [0.25, 0.3) is 0 Å². The van der Waals surface area contributed by atoms with Gasteiger partial charge < -0.3 is 14.2 Å². The quantitative estimate of drug-likeness (QED) is 0.0839. The standard InChI is InChI=1S/C48H62O9S3/c1-11-48(30-55-39(49)24-27-58-42(52)33-12-18-36(19-13-33)45(2,3)4,31-56-40(50)25-28-59-43(53)34-14-20-37(21-15-34)46(5,6)7)32-57-41(51)26-29-60-44(54)35-16-22-38(23-17-35)47(8,9)10/h12-23H,11,24-32H2,1-10H3. The van der Waals surface area contributed by atoms with Gasteiger partial charge in [-0.05, 0) is 39.4 Å². The molecule has 0 atom stereocenters. The summed E-state index contributed by atoms with van der Waals surface area (Å²) in [5.41, 5.74) is 3.80. The summed E-state index contributed by atoms with van der Waals surface area (Å²) in [7, 11) is 0. The summed E-state index contributed by atoms with van der Waals surface area (Å²) < 4.78 is 16.9. The van der Waals surface area contributed by atoms with Crippen molar-refractivity contribution in [1.29, 1.82) is 0 Å². The van der Waals surface area contributed by atoms with Crippen LogP contribution in [0.25, 0.3) is 0 Å². The molecule has 0 fully saturated rings. The number of ether oxygens (including phenoxy) is 3. The topological polar surface area (TPSA) is 130 Å². The van der Waals surface area contributed by atoms with Crippen molar-refractivity contribution in [3.63, 3.8) is 0 Å². The molecule has 0 unspecified atom stereocenters. The zero-order chi connectivity index (χ0) is 44.7. The van der Waals surface area contributed by atoms with E-state index in [2.05, 4.69) is 62.3 Å². The fourth-order valence-corrected chi connectivity index (χ4v) is 7.87. The Hall–Kier alpha value is -3.87. The molecule has 0 aromatic heterocycles. The lowest BCUT2D eigenvalue weighted by Gasteiger charge is -2.31. The Morgan fingerprint density at radius 3 is 0.850 bits per heavy atom. The first kappa shape index (κ1) is 50.5. The van der Waals surface area contributed by atoms with Crippen LogP contribution in [0, 0.1) is 5.41 Å². The third-order valence-electron chi connectivity index (χ3n) is 9.95. The molecular formula is C48H62O9S3. The minimum atomic E-state index is -1.06. The van der Waals surface area contributed by atoms with E-state index in [1.54, 1.807) is 36.4 Å². The highest BCUT2D eigenvalue weighted by atomic mass is 32.2. The van der Waals surface area contributed by atoms with Crippen LogP contribution in [0.4, 0.5) is 0 Å². The molecule has 0 aliphatic carbocycles. The predicted molar refractivity (Wildman–Crippen MR) is 245 cm³/mol. The first-order chi connectivity index (χ1) is 28.0. The van der Waals surface area contributed by atoms with Crippen LogP contribution in [0.2, 0.25) is 0 Å². The predicted octanol–water partition coefficient (Wildman–Crippen LogP) is 10.8. The van der Waals surface area contributed by atoms with Crippen LogP contribution in [0.5, 0.6) is 0 Å². The zero-order valence-electron chi connectivity index (χ0n) is 36.9. The highest BCUT2D eigenvalue weighted by Crippen LogP contribution is 2.28. The maximum Gasteiger partial charge on any atom is 0.306 e. The van der Waals surface area contributed by atoms with Crippen LogP contribution in [0.15, 0.2) is 72.8 Å². The monoisotopic (exact) mass is 878 g/mol. The molecule has 3 aromatic carbocycles. The van der Waals surface area contributed by atoms with Crippen molar-refractivity contribution in [2.45, 2.75) is 111 Å². The van der Waals surface area contributed by atoms with Crippen molar-refractivity contribution in [2.24, 2.45) is 5.41 Å². The first-order valence-corrected chi connectivity index (χ1v) is 23.3. The van der Waals surface area contributed by atoms with Gasteiger partial charge in [-0.2, -0.15) is 0 Å². The molecule has 0 saturated carbocycles. The number of benzene rings is 3. The molecule has 0 aliphatic rings. The Kier molecular flexibility index (Phi) is 19.2. The maximum atomic E-state index is 12.9. The average Bonchev–Trinajstić information content (AvgIpc) is 3.19. The summed E-state index contributed by atoms with van der Waals surface area (Å²) in [6.45, 7) is 20.1. The highest BCUT2D eigenvalue weighted by Gasteiger charge is 2.34. The van der Waals surface area contributed by atoms with Crippen molar-refractivity contribution in [1.82, 2.24) is 0 Å². The lowest BCUT2D eigenvalue weighted by atomic mass is 9.87. The van der Waals surface area contributed by atoms with Gasteiger partial charge >= 0.3 is 17.9 Å². The second kappa shape index (κ2) is 22.8. The molecule has 0 N–H and O–H groups in total. The van der Waals surface area contributed by atoms with Crippen LogP contribution < -0.4 is 0 Å². The lowest BCUT2D eigenvalue weighted by molar-refractivity contribution is -0.161. The van der Waals surface area contributed by atoms with Gasteiger partial charge in [-0.3, -0.25) is 28.8 Å². The van der Waals surface area contributed by atoms with E-state index in [0.29, 0.717) is 23.1 Å². The molecule has 3 aromatic rings. The molecular weight excluding hydrogens is 817 g/mol. The van der Waals surface area contributed by atoms with E-state index in [1.165, 1.54) is 0 Å².